The van der Waals surface area contributed by atoms with E-state index in [9.17, 15) is 0 Å². The Morgan fingerprint density at radius 2 is 2.44 bits per heavy atom. The maximum atomic E-state index is 4.40. The van der Waals surface area contributed by atoms with Crippen molar-refractivity contribution in [2.24, 2.45) is 0 Å². The quantitative estimate of drug-likeness (QED) is 0.832. The molecule has 2 N–H and O–H groups in total. The van der Waals surface area contributed by atoms with E-state index in [4.69, 9.17) is 0 Å². The summed E-state index contributed by atoms with van der Waals surface area (Å²) in [5.74, 6) is 1.08. The predicted octanol–water partition coefficient (Wildman–Crippen LogP) is 2.43. The Labute approximate surface area is 98.9 Å². The van der Waals surface area contributed by atoms with Crippen molar-refractivity contribution >= 4 is 11.3 Å². The van der Waals surface area contributed by atoms with E-state index in [1.165, 1.54) is 18.4 Å². The molecule has 16 heavy (non-hydrogen) atoms. The summed E-state index contributed by atoms with van der Waals surface area (Å²) in [4.78, 5) is 7.76. The van der Waals surface area contributed by atoms with Crippen molar-refractivity contribution in [3.8, 4) is 11.3 Å². The molecule has 0 aromatic carbocycles. The lowest BCUT2D eigenvalue weighted by molar-refractivity contribution is 0.669. The molecule has 0 spiro atoms. The summed E-state index contributed by atoms with van der Waals surface area (Å²) in [5.41, 5.74) is 2.36. The van der Waals surface area contributed by atoms with E-state index in [2.05, 4.69) is 32.1 Å². The van der Waals surface area contributed by atoms with Gasteiger partial charge in [0.05, 0.1) is 11.9 Å². The van der Waals surface area contributed by atoms with Gasteiger partial charge >= 0.3 is 0 Å². The lowest BCUT2D eigenvalue weighted by Crippen LogP contribution is -2.19. The average molecular weight is 233 g/mol. The van der Waals surface area contributed by atoms with Crippen LogP contribution in [0.1, 0.15) is 18.7 Å². The molecule has 2 aromatic heterocycles. The Morgan fingerprint density at radius 1 is 1.50 bits per heavy atom. The van der Waals surface area contributed by atoms with Crippen LogP contribution >= 0.6 is 11.3 Å². The van der Waals surface area contributed by atoms with Crippen LogP contribution in [-0.2, 0) is 6.42 Å². The summed E-state index contributed by atoms with van der Waals surface area (Å²) >= 11 is 1.71. The number of imidazole rings is 1. The van der Waals surface area contributed by atoms with Gasteiger partial charge in [-0.2, -0.15) is 11.3 Å². The number of thiophene rings is 1. The van der Waals surface area contributed by atoms with Gasteiger partial charge in [0.15, 0.2) is 0 Å². The minimum atomic E-state index is 0.784. The zero-order valence-electron chi connectivity index (χ0n) is 9.07. The SMILES string of the molecule is c1cc(-c2cnc(CCNC3CC3)[nH]2)cs1. The molecule has 1 aliphatic carbocycles. The zero-order valence-corrected chi connectivity index (χ0v) is 9.89. The van der Waals surface area contributed by atoms with Crippen molar-refractivity contribution in [3.63, 3.8) is 0 Å². The summed E-state index contributed by atoms with van der Waals surface area (Å²) in [6.07, 6.45) is 5.60. The van der Waals surface area contributed by atoms with E-state index in [-0.39, 0.29) is 0 Å². The van der Waals surface area contributed by atoms with Crippen LogP contribution in [-0.4, -0.2) is 22.6 Å². The molecule has 0 aliphatic heterocycles. The van der Waals surface area contributed by atoms with E-state index < -0.39 is 0 Å². The third kappa shape index (κ3) is 2.33. The Hall–Kier alpha value is -1.13. The number of rotatable bonds is 5. The number of hydrogen-bond acceptors (Lipinski definition) is 3. The van der Waals surface area contributed by atoms with Gasteiger partial charge in [-0.3, -0.25) is 0 Å². The fourth-order valence-electron chi connectivity index (χ4n) is 1.74. The first-order valence-electron chi connectivity index (χ1n) is 5.71. The summed E-state index contributed by atoms with van der Waals surface area (Å²) < 4.78 is 0. The molecule has 0 atom stereocenters. The van der Waals surface area contributed by atoms with Gasteiger partial charge in [-0.25, -0.2) is 4.98 Å². The van der Waals surface area contributed by atoms with E-state index in [1.807, 2.05) is 6.20 Å². The van der Waals surface area contributed by atoms with Gasteiger partial charge in [-0.05, 0) is 24.3 Å². The molecular weight excluding hydrogens is 218 g/mol. The Kier molecular flexibility index (Phi) is 2.76. The fraction of sp³-hybridized carbons (Fsp3) is 0.417. The molecule has 2 heterocycles. The summed E-state index contributed by atoms with van der Waals surface area (Å²) in [7, 11) is 0. The normalized spacial score (nSPS) is 15.5. The van der Waals surface area contributed by atoms with E-state index in [1.54, 1.807) is 11.3 Å². The van der Waals surface area contributed by atoms with Crippen molar-refractivity contribution in [2.75, 3.05) is 6.54 Å². The second-order valence-electron chi connectivity index (χ2n) is 4.23. The second-order valence-corrected chi connectivity index (χ2v) is 5.01. The number of aromatic amines is 1. The minimum absolute atomic E-state index is 0.784. The van der Waals surface area contributed by atoms with Crippen LogP contribution in [0.3, 0.4) is 0 Å². The highest BCUT2D eigenvalue weighted by molar-refractivity contribution is 7.08. The topological polar surface area (TPSA) is 40.7 Å². The van der Waals surface area contributed by atoms with Crippen LogP contribution in [0.2, 0.25) is 0 Å². The van der Waals surface area contributed by atoms with Crippen LogP contribution in [0, 0.1) is 0 Å². The Balaban J connectivity index is 1.59. The van der Waals surface area contributed by atoms with Gasteiger partial charge in [-0.15, -0.1) is 0 Å². The average Bonchev–Trinajstić information content (AvgIpc) is 2.83. The molecule has 1 aliphatic rings. The van der Waals surface area contributed by atoms with Crippen molar-refractivity contribution < 1.29 is 0 Å². The van der Waals surface area contributed by atoms with Crippen LogP contribution < -0.4 is 5.32 Å². The van der Waals surface area contributed by atoms with Crippen LogP contribution in [0.5, 0.6) is 0 Å². The molecule has 3 nitrogen and oxygen atoms in total. The predicted molar refractivity (Wildman–Crippen MR) is 66.6 cm³/mol. The van der Waals surface area contributed by atoms with Gasteiger partial charge < -0.3 is 10.3 Å². The monoisotopic (exact) mass is 233 g/mol. The van der Waals surface area contributed by atoms with E-state index in [0.717, 1.165) is 30.5 Å². The van der Waals surface area contributed by atoms with Crippen LogP contribution in [0.25, 0.3) is 11.3 Å². The number of H-pyrrole nitrogens is 1. The number of aromatic nitrogens is 2. The third-order valence-electron chi connectivity index (χ3n) is 2.83. The molecular formula is C12H15N3S. The summed E-state index contributed by atoms with van der Waals surface area (Å²) in [5, 5.41) is 7.72. The standard InChI is InChI=1S/C12H15N3S/c1-2-10(1)13-5-3-12-14-7-11(15-12)9-4-6-16-8-9/h4,6-8,10,13H,1-3,5H2,(H,14,15). The lowest BCUT2D eigenvalue weighted by atomic mass is 10.3. The van der Waals surface area contributed by atoms with Gasteiger partial charge in [-0.1, -0.05) is 0 Å². The van der Waals surface area contributed by atoms with Crippen molar-refractivity contribution in [1.82, 2.24) is 15.3 Å². The maximum Gasteiger partial charge on any atom is 0.107 e. The van der Waals surface area contributed by atoms with E-state index >= 15 is 0 Å². The number of nitrogens with one attached hydrogen (secondary N) is 2. The molecule has 1 fully saturated rings. The van der Waals surface area contributed by atoms with Gasteiger partial charge in [0.25, 0.3) is 0 Å². The molecule has 0 amide bonds. The molecule has 1 saturated carbocycles. The molecule has 84 valence electrons. The number of nitrogens with zero attached hydrogens (tertiary/aromatic N) is 1. The summed E-state index contributed by atoms with van der Waals surface area (Å²) in [6, 6.07) is 2.90. The third-order valence-corrected chi connectivity index (χ3v) is 3.52. The first-order chi connectivity index (χ1) is 7.92. The highest BCUT2D eigenvalue weighted by atomic mass is 32.1. The van der Waals surface area contributed by atoms with Crippen molar-refractivity contribution in [1.29, 1.82) is 0 Å². The molecule has 4 heteroatoms. The molecule has 0 bridgehead atoms. The number of hydrogen-bond donors (Lipinski definition) is 2. The van der Waals surface area contributed by atoms with Crippen LogP contribution in [0.4, 0.5) is 0 Å². The maximum absolute atomic E-state index is 4.40. The smallest absolute Gasteiger partial charge is 0.107 e. The largest absolute Gasteiger partial charge is 0.342 e. The minimum Gasteiger partial charge on any atom is -0.342 e. The molecule has 0 unspecified atom stereocenters. The molecule has 0 radical (unpaired) electrons. The Morgan fingerprint density at radius 3 is 3.19 bits per heavy atom. The van der Waals surface area contributed by atoms with Crippen LogP contribution in [0.15, 0.2) is 23.0 Å². The fourth-order valence-corrected chi connectivity index (χ4v) is 2.39. The summed E-state index contributed by atoms with van der Waals surface area (Å²) in [6.45, 7) is 1.03. The highest BCUT2D eigenvalue weighted by Crippen LogP contribution is 2.20. The second kappa shape index (κ2) is 4.39. The van der Waals surface area contributed by atoms with E-state index in [0.29, 0.717) is 0 Å². The van der Waals surface area contributed by atoms with Crippen molar-refractivity contribution in [3.05, 3.63) is 28.8 Å². The first-order valence-corrected chi connectivity index (χ1v) is 6.66. The van der Waals surface area contributed by atoms with Gasteiger partial charge in [0, 0.05) is 30.0 Å². The highest BCUT2D eigenvalue weighted by Gasteiger charge is 2.19. The van der Waals surface area contributed by atoms with Crippen molar-refractivity contribution in [2.45, 2.75) is 25.3 Å². The lowest BCUT2D eigenvalue weighted by Gasteiger charge is -1.99. The first kappa shape index (κ1) is 10.1. The zero-order chi connectivity index (χ0) is 10.8. The molecule has 3 rings (SSSR count). The van der Waals surface area contributed by atoms with Gasteiger partial charge in [0.2, 0.25) is 0 Å². The molecule has 0 saturated heterocycles. The molecule has 2 aromatic rings. The Bertz CT molecular complexity index is 443. The van der Waals surface area contributed by atoms with Gasteiger partial charge in [0.1, 0.15) is 5.82 Å².